The van der Waals surface area contributed by atoms with Crippen molar-refractivity contribution >= 4 is 27.4 Å². The second kappa shape index (κ2) is 9.38. The standard InChI is InChI=1S/C21H20ClN5O4S/c1-4-8-32(29,30)26-18-10-17(15-9-13(2)20(28)27(3)12-15)24-21(25-18)31-19-14(11-23)6-5-7-16(19)22/h5-7,9-10,12H,4,8H2,1-3H3,(H,24,25,26). The molecule has 0 bridgehead atoms. The summed E-state index contributed by atoms with van der Waals surface area (Å²) < 4.78 is 34.1. The molecule has 11 heteroatoms. The predicted molar refractivity (Wildman–Crippen MR) is 121 cm³/mol. The molecule has 0 unspecified atom stereocenters. The molecule has 3 aromatic rings. The Morgan fingerprint density at radius 2 is 2.03 bits per heavy atom. The molecule has 32 heavy (non-hydrogen) atoms. The number of nitrogens with one attached hydrogen (secondary N) is 1. The number of aryl methyl sites for hydroxylation is 2. The highest BCUT2D eigenvalue weighted by Crippen LogP contribution is 2.33. The minimum Gasteiger partial charge on any atom is -0.421 e. The SMILES string of the molecule is CCCS(=O)(=O)Nc1cc(-c2cc(C)c(=O)n(C)c2)nc(Oc2c(Cl)cccc2C#N)n1. The van der Waals surface area contributed by atoms with Crippen LogP contribution < -0.4 is 15.0 Å². The second-order valence-electron chi connectivity index (χ2n) is 7.00. The maximum atomic E-state index is 12.3. The summed E-state index contributed by atoms with van der Waals surface area (Å²) in [5.74, 6) is -0.0618. The van der Waals surface area contributed by atoms with Crippen LogP contribution in [-0.4, -0.2) is 28.7 Å². The third-order valence-electron chi connectivity index (χ3n) is 4.38. The van der Waals surface area contributed by atoms with E-state index in [9.17, 15) is 18.5 Å². The summed E-state index contributed by atoms with van der Waals surface area (Å²) in [5, 5.41) is 9.52. The Balaban J connectivity index is 2.15. The van der Waals surface area contributed by atoms with Crippen molar-refractivity contribution in [3.8, 4) is 29.1 Å². The van der Waals surface area contributed by atoms with Gasteiger partial charge in [0.15, 0.2) is 5.75 Å². The lowest BCUT2D eigenvalue weighted by atomic mass is 10.1. The first-order valence-corrected chi connectivity index (χ1v) is 11.6. The zero-order valence-electron chi connectivity index (χ0n) is 17.6. The van der Waals surface area contributed by atoms with Gasteiger partial charge in [0.2, 0.25) is 10.0 Å². The fourth-order valence-electron chi connectivity index (χ4n) is 2.96. The predicted octanol–water partition coefficient (Wildman–Crippen LogP) is 3.62. The Hall–Kier alpha value is -3.42. The topological polar surface area (TPSA) is 127 Å². The molecular formula is C21H20ClN5O4S. The zero-order valence-corrected chi connectivity index (χ0v) is 19.2. The van der Waals surface area contributed by atoms with Gasteiger partial charge in [-0.05, 0) is 31.5 Å². The van der Waals surface area contributed by atoms with Gasteiger partial charge in [-0.3, -0.25) is 9.52 Å². The van der Waals surface area contributed by atoms with Crippen molar-refractivity contribution in [1.82, 2.24) is 14.5 Å². The van der Waals surface area contributed by atoms with Gasteiger partial charge < -0.3 is 9.30 Å². The van der Waals surface area contributed by atoms with E-state index in [1.165, 1.54) is 16.7 Å². The van der Waals surface area contributed by atoms with Crippen molar-refractivity contribution in [2.75, 3.05) is 10.5 Å². The number of halogens is 1. The molecule has 2 aromatic heterocycles. The van der Waals surface area contributed by atoms with Crippen LogP contribution in [0.1, 0.15) is 24.5 Å². The van der Waals surface area contributed by atoms with Crippen molar-refractivity contribution in [1.29, 1.82) is 5.26 Å². The smallest absolute Gasteiger partial charge is 0.324 e. The van der Waals surface area contributed by atoms with Crippen LogP contribution in [0.15, 0.2) is 41.3 Å². The molecule has 1 aromatic carbocycles. The van der Waals surface area contributed by atoms with E-state index in [1.807, 2.05) is 6.07 Å². The van der Waals surface area contributed by atoms with E-state index in [4.69, 9.17) is 16.3 Å². The molecule has 166 valence electrons. The number of sulfonamides is 1. The van der Waals surface area contributed by atoms with E-state index in [-0.39, 0.29) is 39.5 Å². The largest absolute Gasteiger partial charge is 0.421 e. The van der Waals surface area contributed by atoms with Gasteiger partial charge in [-0.2, -0.15) is 15.2 Å². The maximum absolute atomic E-state index is 12.3. The summed E-state index contributed by atoms with van der Waals surface area (Å²) in [4.78, 5) is 20.6. The number of rotatable bonds is 7. The van der Waals surface area contributed by atoms with Crippen molar-refractivity contribution in [3.63, 3.8) is 0 Å². The van der Waals surface area contributed by atoms with Crippen LogP contribution in [-0.2, 0) is 17.1 Å². The van der Waals surface area contributed by atoms with Crippen molar-refractivity contribution in [2.45, 2.75) is 20.3 Å². The van der Waals surface area contributed by atoms with Crippen molar-refractivity contribution < 1.29 is 13.2 Å². The molecule has 1 N–H and O–H groups in total. The molecule has 0 saturated carbocycles. The molecule has 3 rings (SSSR count). The minimum atomic E-state index is -3.65. The summed E-state index contributed by atoms with van der Waals surface area (Å²) in [7, 11) is -2.04. The summed E-state index contributed by atoms with van der Waals surface area (Å²) >= 11 is 6.18. The molecule has 0 spiro atoms. The summed E-state index contributed by atoms with van der Waals surface area (Å²) in [5.41, 5.74) is 1.34. The van der Waals surface area contributed by atoms with Crippen LogP contribution in [0.5, 0.6) is 11.8 Å². The summed E-state index contributed by atoms with van der Waals surface area (Å²) in [6, 6.07) is 9.50. The Kier molecular flexibility index (Phi) is 6.81. The van der Waals surface area contributed by atoms with Crippen LogP contribution >= 0.6 is 11.6 Å². The quantitative estimate of drug-likeness (QED) is 0.555. The monoisotopic (exact) mass is 473 g/mol. The molecule has 0 fully saturated rings. The third kappa shape index (κ3) is 5.25. The number of pyridine rings is 1. The van der Waals surface area contributed by atoms with E-state index in [0.29, 0.717) is 23.2 Å². The molecule has 0 aliphatic rings. The Morgan fingerprint density at radius 3 is 2.69 bits per heavy atom. The van der Waals surface area contributed by atoms with E-state index < -0.39 is 10.0 Å². The highest BCUT2D eigenvalue weighted by molar-refractivity contribution is 7.92. The lowest BCUT2D eigenvalue weighted by Crippen LogP contribution is -2.19. The van der Waals surface area contributed by atoms with Gasteiger partial charge >= 0.3 is 6.01 Å². The molecule has 0 radical (unpaired) electrons. The second-order valence-corrected chi connectivity index (χ2v) is 9.25. The lowest BCUT2D eigenvalue weighted by molar-refractivity contribution is 0.442. The van der Waals surface area contributed by atoms with Crippen LogP contribution in [0.2, 0.25) is 5.02 Å². The number of anilines is 1. The number of benzene rings is 1. The van der Waals surface area contributed by atoms with Crippen LogP contribution in [0, 0.1) is 18.3 Å². The summed E-state index contributed by atoms with van der Waals surface area (Å²) in [6.45, 7) is 3.41. The van der Waals surface area contributed by atoms with Gasteiger partial charge in [0.1, 0.15) is 11.9 Å². The summed E-state index contributed by atoms with van der Waals surface area (Å²) in [6.07, 6.45) is 1.99. The van der Waals surface area contributed by atoms with Gasteiger partial charge in [0.25, 0.3) is 5.56 Å². The fraction of sp³-hybridized carbons (Fsp3) is 0.238. The van der Waals surface area contributed by atoms with Crippen LogP contribution in [0.3, 0.4) is 0 Å². The molecule has 2 heterocycles. The number of hydrogen-bond acceptors (Lipinski definition) is 7. The number of nitrogens with zero attached hydrogens (tertiary/aromatic N) is 4. The number of nitriles is 1. The van der Waals surface area contributed by atoms with Gasteiger partial charge in [-0.25, -0.2) is 8.42 Å². The fourth-order valence-corrected chi connectivity index (χ4v) is 4.24. The third-order valence-corrected chi connectivity index (χ3v) is 6.14. The first-order chi connectivity index (χ1) is 15.1. The molecule has 0 aliphatic heterocycles. The van der Waals surface area contributed by atoms with Crippen LogP contribution in [0.4, 0.5) is 5.82 Å². The van der Waals surface area contributed by atoms with E-state index in [2.05, 4.69) is 14.7 Å². The maximum Gasteiger partial charge on any atom is 0.324 e. The Bertz CT molecular complexity index is 1350. The molecule has 0 atom stereocenters. The average molecular weight is 474 g/mol. The number of aromatic nitrogens is 3. The van der Waals surface area contributed by atoms with E-state index in [1.54, 1.807) is 45.3 Å². The number of para-hydroxylation sites is 1. The highest BCUT2D eigenvalue weighted by atomic mass is 35.5. The van der Waals surface area contributed by atoms with Crippen molar-refractivity contribution in [3.05, 3.63) is 63.0 Å². The van der Waals surface area contributed by atoms with Gasteiger partial charge in [-0.15, -0.1) is 0 Å². The minimum absolute atomic E-state index is 0.0180. The molecule has 9 nitrogen and oxygen atoms in total. The molecule has 0 amide bonds. The molecular weight excluding hydrogens is 454 g/mol. The van der Waals surface area contributed by atoms with Gasteiger partial charge in [0, 0.05) is 30.4 Å². The lowest BCUT2D eigenvalue weighted by Gasteiger charge is -2.13. The van der Waals surface area contributed by atoms with Gasteiger partial charge in [0.05, 0.1) is 22.0 Å². The average Bonchev–Trinajstić information content (AvgIpc) is 2.72. The Labute approximate surface area is 190 Å². The number of ether oxygens (including phenoxy) is 1. The normalized spacial score (nSPS) is 11.1. The van der Waals surface area contributed by atoms with E-state index >= 15 is 0 Å². The zero-order chi connectivity index (χ0) is 23.5. The molecule has 0 aliphatic carbocycles. The number of hydrogen-bond donors (Lipinski definition) is 1. The van der Waals surface area contributed by atoms with E-state index in [0.717, 1.165) is 0 Å². The van der Waals surface area contributed by atoms with Gasteiger partial charge in [-0.1, -0.05) is 24.6 Å². The van der Waals surface area contributed by atoms with Crippen molar-refractivity contribution in [2.24, 2.45) is 7.05 Å². The first kappa shape index (κ1) is 23.2. The van der Waals surface area contributed by atoms with Crippen LogP contribution in [0.25, 0.3) is 11.3 Å². The first-order valence-electron chi connectivity index (χ1n) is 9.57. The highest BCUT2D eigenvalue weighted by Gasteiger charge is 2.17. The molecule has 0 saturated heterocycles. The Morgan fingerprint density at radius 1 is 1.28 bits per heavy atom.